The number of ether oxygens (including phenoxy) is 1. The van der Waals surface area contributed by atoms with Crippen molar-refractivity contribution < 1.29 is 19.4 Å². The molecule has 4 nitrogen and oxygen atoms in total. The van der Waals surface area contributed by atoms with Crippen molar-refractivity contribution in [3.8, 4) is 0 Å². The fraction of sp³-hybridized carbons (Fsp3) is 0.467. The monoisotopic (exact) mass is 262 g/mol. The van der Waals surface area contributed by atoms with Crippen molar-refractivity contribution in [2.24, 2.45) is 5.92 Å². The van der Waals surface area contributed by atoms with Crippen molar-refractivity contribution >= 4 is 11.9 Å². The van der Waals surface area contributed by atoms with Gasteiger partial charge in [-0.3, -0.25) is 4.79 Å². The van der Waals surface area contributed by atoms with Crippen LogP contribution in [0.25, 0.3) is 0 Å². The van der Waals surface area contributed by atoms with Crippen LogP contribution in [0.4, 0.5) is 0 Å². The van der Waals surface area contributed by atoms with Crippen LogP contribution < -0.4 is 0 Å². The maximum atomic E-state index is 11.9. The Kier molecular flexibility index (Phi) is 3.35. The average molecular weight is 262 g/mol. The Balaban J connectivity index is 2.11. The van der Waals surface area contributed by atoms with Crippen molar-refractivity contribution in [1.29, 1.82) is 0 Å². The van der Waals surface area contributed by atoms with Crippen LogP contribution in [0.5, 0.6) is 0 Å². The fourth-order valence-electron chi connectivity index (χ4n) is 2.19. The number of aromatic carboxylic acids is 1. The highest BCUT2D eigenvalue weighted by molar-refractivity contribution is 5.90. The van der Waals surface area contributed by atoms with Crippen molar-refractivity contribution in [2.75, 3.05) is 0 Å². The van der Waals surface area contributed by atoms with E-state index in [1.807, 2.05) is 20.8 Å². The summed E-state index contributed by atoms with van der Waals surface area (Å²) < 4.78 is 5.33. The summed E-state index contributed by atoms with van der Waals surface area (Å²) in [6, 6.07) is 6.84. The summed E-state index contributed by atoms with van der Waals surface area (Å²) >= 11 is 0. The van der Waals surface area contributed by atoms with Gasteiger partial charge < -0.3 is 9.84 Å². The lowest BCUT2D eigenvalue weighted by Crippen LogP contribution is -2.25. The van der Waals surface area contributed by atoms with Gasteiger partial charge >= 0.3 is 11.9 Å². The van der Waals surface area contributed by atoms with E-state index >= 15 is 0 Å². The second kappa shape index (κ2) is 4.68. The summed E-state index contributed by atoms with van der Waals surface area (Å²) in [5.41, 5.74) is 0.501. The van der Waals surface area contributed by atoms with Crippen molar-refractivity contribution in [3.63, 3.8) is 0 Å². The van der Waals surface area contributed by atoms with Crippen molar-refractivity contribution in [3.05, 3.63) is 35.4 Å². The minimum Gasteiger partial charge on any atom is -0.478 e. The lowest BCUT2D eigenvalue weighted by Gasteiger charge is -2.19. The van der Waals surface area contributed by atoms with Crippen LogP contribution in [0.15, 0.2) is 24.3 Å². The first-order valence-electron chi connectivity index (χ1n) is 6.34. The maximum absolute atomic E-state index is 11.9. The first-order valence-corrected chi connectivity index (χ1v) is 6.34. The molecule has 0 saturated heterocycles. The first kappa shape index (κ1) is 13.6. The number of carbonyl (C=O) groups is 2. The van der Waals surface area contributed by atoms with Gasteiger partial charge in [0.25, 0.3) is 0 Å². The Morgan fingerprint density at radius 3 is 2.47 bits per heavy atom. The van der Waals surface area contributed by atoms with Crippen molar-refractivity contribution in [2.45, 2.75) is 38.7 Å². The number of carboxylic acid groups (broad SMARTS) is 1. The lowest BCUT2D eigenvalue weighted by atomic mass is 10.0. The molecule has 2 unspecified atom stereocenters. The largest absolute Gasteiger partial charge is 0.478 e. The lowest BCUT2D eigenvalue weighted by molar-refractivity contribution is -0.156. The Bertz CT molecular complexity index is 513. The molecule has 1 aliphatic carbocycles. The van der Waals surface area contributed by atoms with Gasteiger partial charge in [0.15, 0.2) is 0 Å². The number of carbonyl (C=O) groups excluding carboxylic acids is 1. The molecule has 2 rings (SSSR count). The van der Waals surface area contributed by atoms with Crippen LogP contribution in [-0.2, 0) is 9.53 Å². The SMILES string of the molecule is CC(C)(C)OC(=O)C1CC1c1ccccc1C(=O)O. The molecule has 0 aliphatic heterocycles. The topological polar surface area (TPSA) is 63.6 Å². The maximum Gasteiger partial charge on any atom is 0.335 e. The number of rotatable bonds is 3. The zero-order valence-corrected chi connectivity index (χ0v) is 11.3. The first-order chi connectivity index (χ1) is 8.79. The van der Waals surface area contributed by atoms with E-state index in [1.165, 1.54) is 0 Å². The van der Waals surface area contributed by atoms with E-state index in [9.17, 15) is 9.59 Å². The number of carboxylic acids is 1. The van der Waals surface area contributed by atoms with Crippen LogP contribution in [0.3, 0.4) is 0 Å². The van der Waals surface area contributed by atoms with E-state index in [4.69, 9.17) is 9.84 Å². The van der Waals surface area contributed by atoms with Gasteiger partial charge in [-0.1, -0.05) is 18.2 Å². The average Bonchev–Trinajstić information content (AvgIpc) is 3.06. The molecule has 4 heteroatoms. The van der Waals surface area contributed by atoms with Crippen LogP contribution >= 0.6 is 0 Å². The second-order valence-corrected chi connectivity index (χ2v) is 5.87. The molecule has 0 radical (unpaired) electrons. The molecule has 1 aromatic rings. The summed E-state index contributed by atoms with van der Waals surface area (Å²) in [6.45, 7) is 5.48. The zero-order chi connectivity index (χ0) is 14.2. The Labute approximate surface area is 112 Å². The summed E-state index contributed by atoms with van der Waals surface area (Å²) in [4.78, 5) is 23.1. The molecular formula is C15H18O4. The third-order valence-corrected chi connectivity index (χ3v) is 3.09. The zero-order valence-electron chi connectivity index (χ0n) is 11.3. The van der Waals surface area contributed by atoms with Gasteiger partial charge in [-0.2, -0.15) is 0 Å². The van der Waals surface area contributed by atoms with Crippen LogP contribution in [-0.4, -0.2) is 22.6 Å². The molecule has 1 aromatic carbocycles. The predicted octanol–water partition coefficient (Wildman–Crippen LogP) is 2.83. The third-order valence-electron chi connectivity index (χ3n) is 3.09. The molecule has 0 amide bonds. The van der Waals surface area contributed by atoms with Gasteiger partial charge in [0, 0.05) is 0 Å². The summed E-state index contributed by atoms with van der Waals surface area (Å²) in [6.07, 6.45) is 0.666. The number of benzene rings is 1. The highest BCUT2D eigenvalue weighted by Gasteiger charge is 2.47. The predicted molar refractivity (Wildman–Crippen MR) is 70.1 cm³/mol. The van der Waals surface area contributed by atoms with E-state index in [0.717, 1.165) is 5.56 Å². The van der Waals surface area contributed by atoms with Gasteiger partial charge in [-0.05, 0) is 44.7 Å². The van der Waals surface area contributed by atoms with E-state index in [1.54, 1.807) is 24.3 Å². The van der Waals surface area contributed by atoms with Gasteiger partial charge in [0.05, 0.1) is 11.5 Å². The molecule has 19 heavy (non-hydrogen) atoms. The molecule has 0 heterocycles. The number of hydrogen-bond acceptors (Lipinski definition) is 3. The van der Waals surface area contributed by atoms with Crippen LogP contribution in [0.1, 0.15) is 49.0 Å². The molecule has 102 valence electrons. The minimum atomic E-state index is -0.953. The van der Waals surface area contributed by atoms with E-state index in [2.05, 4.69) is 0 Å². The molecule has 1 fully saturated rings. The van der Waals surface area contributed by atoms with E-state index < -0.39 is 11.6 Å². The quantitative estimate of drug-likeness (QED) is 0.851. The third kappa shape index (κ3) is 3.13. The molecule has 0 aromatic heterocycles. The normalized spacial score (nSPS) is 21.8. The molecule has 2 atom stereocenters. The molecule has 0 spiro atoms. The summed E-state index contributed by atoms with van der Waals surface area (Å²) in [5, 5.41) is 9.14. The molecular weight excluding hydrogens is 244 g/mol. The van der Waals surface area contributed by atoms with Crippen LogP contribution in [0.2, 0.25) is 0 Å². The molecule has 1 N–H and O–H groups in total. The molecule has 1 aliphatic rings. The standard InChI is InChI=1S/C15H18O4/c1-15(2,3)19-14(18)12-8-11(12)9-6-4-5-7-10(9)13(16)17/h4-7,11-12H,8H2,1-3H3,(H,16,17). The smallest absolute Gasteiger partial charge is 0.335 e. The summed E-state index contributed by atoms with van der Waals surface area (Å²) in [7, 11) is 0. The minimum absolute atomic E-state index is 0.0258. The number of esters is 1. The second-order valence-electron chi connectivity index (χ2n) is 5.87. The fourth-order valence-corrected chi connectivity index (χ4v) is 2.19. The van der Waals surface area contributed by atoms with Gasteiger partial charge in [-0.15, -0.1) is 0 Å². The molecule has 0 bridgehead atoms. The van der Waals surface area contributed by atoms with Gasteiger partial charge in [-0.25, -0.2) is 4.79 Å². The Morgan fingerprint density at radius 1 is 1.26 bits per heavy atom. The van der Waals surface area contributed by atoms with Gasteiger partial charge in [0.2, 0.25) is 0 Å². The van der Waals surface area contributed by atoms with Crippen LogP contribution in [0, 0.1) is 5.92 Å². The van der Waals surface area contributed by atoms with Crippen molar-refractivity contribution in [1.82, 2.24) is 0 Å². The van der Waals surface area contributed by atoms with E-state index in [0.29, 0.717) is 6.42 Å². The number of hydrogen-bond donors (Lipinski definition) is 1. The Hall–Kier alpha value is -1.84. The molecule has 1 saturated carbocycles. The Morgan fingerprint density at radius 2 is 1.89 bits per heavy atom. The van der Waals surface area contributed by atoms with Gasteiger partial charge in [0.1, 0.15) is 5.60 Å². The van der Waals surface area contributed by atoms with E-state index in [-0.39, 0.29) is 23.4 Å². The highest BCUT2D eigenvalue weighted by atomic mass is 16.6. The summed E-state index contributed by atoms with van der Waals surface area (Å²) in [5.74, 6) is -1.43. The highest BCUT2D eigenvalue weighted by Crippen LogP contribution is 2.49.